The van der Waals surface area contributed by atoms with E-state index in [0.29, 0.717) is 18.0 Å². The Bertz CT molecular complexity index is 671. The lowest BCUT2D eigenvalue weighted by Gasteiger charge is -2.11. The molecule has 0 saturated carbocycles. The molecule has 21 heavy (non-hydrogen) atoms. The smallest absolute Gasteiger partial charge is 0.315 e. The van der Waals surface area contributed by atoms with Gasteiger partial charge in [0.1, 0.15) is 11.5 Å². The summed E-state index contributed by atoms with van der Waals surface area (Å²) in [7, 11) is 1.45. The quantitative estimate of drug-likeness (QED) is 0.674. The minimum atomic E-state index is -0.506. The van der Waals surface area contributed by atoms with E-state index in [-0.39, 0.29) is 11.4 Å². The topological polar surface area (TPSA) is 87.6 Å². The molecule has 2 N–H and O–H groups in total. The van der Waals surface area contributed by atoms with E-state index >= 15 is 0 Å². The van der Waals surface area contributed by atoms with E-state index in [2.05, 4.69) is 0 Å². The zero-order valence-electron chi connectivity index (χ0n) is 11.8. The zero-order valence-corrected chi connectivity index (χ0v) is 11.8. The molecule has 0 fully saturated rings. The van der Waals surface area contributed by atoms with Crippen molar-refractivity contribution in [2.45, 2.75) is 13.5 Å². The van der Waals surface area contributed by atoms with Crippen LogP contribution in [-0.4, -0.2) is 12.0 Å². The van der Waals surface area contributed by atoms with Crippen molar-refractivity contribution >= 4 is 5.69 Å². The maximum Gasteiger partial charge on any atom is 0.315 e. The van der Waals surface area contributed by atoms with E-state index in [9.17, 15) is 10.1 Å². The lowest BCUT2D eigenvalue weighted by Crippen LogP contribution is -2.01. The van der Waals surface area contributed by atoms with Crippen LogP contribution in [-0.2, 0) is 6.54 Å². The van der Waals surface area contributed by atoms with Gasteiger partial charge in [-0.05, 0) is 25.1 Å². The van der Waals surface area contributed by atoms with Gasteiger partial charge in [-0.2, -0.15) is 0 Å². The lowest BCUT2D eigenvalue weighted by molar-refractivity contribution is -0.385. The summed E-state index contributed by atoms with van der Waals surface area (Å²) < 4.78 is 10.7. The minimum absolute atomic E-state index is 0.152. The highest BCUT2D eigenvalue weighted by Gasteiger charge is 2.18. The molecule has 0 unspecified atom stereocenters. The molecule has 0 aromatic heterocycles. The van der Waals surface area contributed by atoms with Crippen LogP contribution in [0.1, 0.15) is 11.1 Å². The number of hydrogen-bond acceptors (Lipinski definition) is 5. The molecule has 0 amide bonds. The Morgan fingerprint density at radius 2 is 1.90 bits per heavy atom. The molecule has 0 radical (unpaired) electrons. The summed E-state index contributed by atoms with van der Waals surface area (Å²) in [5.41, 5.74) is 7.37. The standard InChI is InChI=1S/C15H16N2O4/c1-10-3-5-14(11(7-10)9-16)21-15-6-4-12(20-2)8-13(15)17(18)19/h3-8H,9,16H2,1-2H3. The van der Waals surface area contributed by atoms with Crippen molar-refractivity contribution in [2.75, 3.05) is 7.11 Å². The van der Waals surface area contributed by atoms with Crippen LogP contribution in [0.15, 0.2) is 36.4 Å². The second kappa shape index (κ2) is 6.23. The Morgan fingerprint density at radius 1 is 1.19 bits per heavy atom. The summed E-state index contributed by atoms with van der Waals surface area (Å²) in [6, 6.07) is 9.96. The Morgan fingerprint density at radius 3 is 2.52 bits per heavy atom. The van der Waals surface area contributed by atoms with Crippen LogP contribution >= 0.6 is 0 Å². The van der Waals surface area contributed by atoms with E-state index in [1.807, 2.05) is 19.1 Å². The van der Waals surface area contributed by atoms with Crippen molar-refractivity contribution in [1.29, 1.82) is 0 Å². The molecule has 2 rings (SSSR count). The minimum Gasteiger partial charge on any atom is -0.496 e. The molecule has 0 saturated heterocycles. The maximum atomic E-state index is 11.1. The molecule has 0 atom stereocenters. The van der Waals surface area contributed by atoms with Crippen molar-refractivity contribution in [3.63, 3.8) is 0 Å². The van der Waals surface area contributed by atoms with Crippen LogP contribution < -0.4 is 15.2 Å². The second-order valence-corrected chi connectivity index (χ2v) is 4.51. The van der Waals surface area contributed by atoms with Crippen LogP contribution in [0.5, 0.6) is 17.2 Å². The third-order valence-electron chi connectivity index (χ3n) is 3.02. The number of hydrogen-bond donors (Lipinski definition) is 1. The Labute approximate surface area is 122 Å². The van der Waals surface area contributed by atoms with E-state index in [1.165, 1.54) is 19.2 Å². The number of ether oxygens (including phenoxy) is 2. The van der Waals surface area contributed by atoms with Crippen LogP contribution in [0.4, 0.5) is 5.69 Å². The van der Waals surface area contributed by atoms with Gasteiger partial charge in [0, 0.05) is 12.1 Å². The molecule has 0 spiro atoms. The highest BCUT2D eigenvalue weighted by molar-refractivity contribution is 5.53. The van der Waals surface area contributed by atoms with Gasteiger partial charge in [-0.25, -0.2) is 0 Å². The summed E-state index contributed by atoms with van der Waals surface area (Å²) in [4.78, 5) is 10.6. The first kappa shape index (κ1) is 14.8. The van der Waals surface area contributed by atoms with Gasteiger partial charge in [-0.15, -0.1) is 0 Å². The van der Waals surface area contributed by atoms with Crippen LogP contribution in [0.2, 0.25) is 0 Å². The Kier molecular flexibility index (Phi) is 4.39. The molecular formula is C15H16N2O4. The zero-order chi connectivity index (χ0) is 15.4. The van der Waals surface area contributed by atoms with Gasteiger partial charge in [0.15, 0.2) is 0 Å². The average Bonchev–Trinajstić information content (AvgIpc) is 2.49. The van der Waals surface area contributed by atoms with Gasteiger partial charge in [-0.1, -0.05) is 17.7 Å². The number of nitro benzene ring substituents is 1. The molecular weight excluding hydrogens is 272 g/mol. The number of nitrogens with two attached hydrogens (primary N) is 1. The molecule has 0 aliphatic carbocycles. The largest absolute Gasteiger partial charge is 0.496 e. The van der Waals surface area contributed by atoms with Gasteiger partial charge in [0.25, 0.3) is 0 Å². The number of nitrogens with zero attached hydrogens (tertiary/aromatic N) is 1. The first-order valence-corrected chi connectivity index (χ1v) is 6.35. The predicted octanol–water partition coefficient (Wildman–Crippen LogP) is 3.16. The van der Waals surface area contributed by atoms with E-state index < -0.39 is 4.92 Å². The van der Waals surface area contributed by atoms with Crippen LogP contribution in [0.25, 0.3) is 0 Å². The summed E-state index contributed by atoms with van der Waals surface area (Å²) >= 11 is 0. The fourth-order valence-electron chi connectivity index (χ4n) is 1.94. The molecule has 2 aromatic rings. The van der Waals surface area contributed by atoms with E-state index in [0.717, 1.165) is 11.1 Å². The first-order chi connectivity index (χ1) is 10.0. The highest BCUT2D eigenvalue weighted by Crippen LogP contribution is 2.35. The van der Waals surface area contributed by atoms with E-state index in [4.69, 9.17) is 15.2 Å². The third kappa shape index (κ3) is 3.29. The molecule has 0 heterocycles. The van der Waals surface area contributed by atoms with Crippen molar-refractivity contribution in [3.8, 4) is 17.2 Å². The average molecular weight is 288 g/mol. The molecule has 110 valence electrons. The van der Waals surface area contributed by atoms with E-state index in [1.54, 1.807) is 12.1 Å². The van der Waals surface area contributed by atoms with Gasteiger partial charge in [0.2, 0.25) is 5.75 Å². The summed E-state index contributed by atoms with van der Waals surface area (Å²) in [6.07, 6.45) is 0. The number of nitro groups is 1. The first-order valence-electron chi connectivity index (χ1n) is 6.35. The Hall–Kier alpha value is -2.60. The van der Waals surface area contributed by atoms with Crippen LogP contribution in [0.3, 0.4) is 0 Å². The van der Waals surface area contributed by atoms with Crippen molar-refractivity contribution < 1.29 is 14.4 Å². The molecule has 6 nitrogen and oxygen atoms in total. The lowest BCUT2D eigenvalue weighted by atomic mass is 10.1. The third-order valence-corrected chi connectivity index (χ3v) is 3.02. The molecule has 6 heteroatoms. The predicted molar refractivity (Wildman–Crippen MR) is 78.8 cm³/mol. The maximum absolute atomic E-state index is 11.1. The molecule has 0 aliphatic rings. The van der Waals surface area contributed by atoms with Gasteiger partial charge >= 0.3 is 5.69 Å². The summed E-state index contributed by atoms with van der Waals surface area (Å²) in [5, 5.41) is 11.1. The summed E-state index contributed by atoms with van der Waals surface area (Å²) in [6.45, 7) is 2.24. The van der Waals surface area contributed by atoms with Gasteiger partial charge in [-0.3, -0.25) is 10.1 Å². The second-order valence-electron chi connectivity index (χ2n) is 4.51. The molecule has 0 bridgehead atoms. The fraction of sp³-hybridized carbons (Fsp3) is 0.200. The molecule has 2 aromatic carbocycles. The van der Waals surface area contributed by atoms with Crippen LogP contribution in [0, 0.1) is 17.0 Å². The molecule has 0 aliphatic heterocycles. The number of rotatable bonds is 5. The van der Waals surface area contributed by atoms with Gasteiger partial charge in [0.05, 0.1) is 18.1 Å². The Balaban J connectivity index is 2.42. The van der Waals surface area contributed by atoms with Crippen molar-refractivity contribution in [3.05, 3.63) is 57.6 Å². The fourth-order valence-corrected chi connectivity index (χ4v) is 1.94. The number of benzene rings is 2. The number of aryl methyl sites for hydroxylation is 1. The normalized spacial score (nSPS) is 10.2. The summed E-state index contributed by atoms with van der Waals surface area (Å²) in [5.74, 6) is 1.06. The highest BCUT2D eigenvalue weighted by atomic mass is 16.6. The number of methoxy groups -OCH3 is 1. The SMILES string of the molecule is COc1ccc(Oc2ccc(C)cc2CN)c([N+](=O)[O-])c1. The van der Waals surface area contributed by atoms with Crippen molar-refractivity contribution in [2.24, 2.45) is 5.73 Å². The van der Waals surface area contributed by atoms with Gasteiger partial charge < -0.3 is 15.2 Å². The monoisotopic (exact) mass is 288 g/mol. The van der Waals surface area contributed by atoms with Crippen molar-refractivity contribution in [1.82, 2.24) is 0 Å².